The molecule has 0 aromatic heterocycles. The van der Waals surface area contributed by atoms with E-state index in [2.05, 4.69) is 16.7 Å². The molecule has 5 heteroatoms. The van der Waals surface area contributed by atoms with Crippen LogP contribution in [0.4, 0.5) is 5.69 Å². The first-order valence-electron chi connectivity index (χ1n) is 9.11. The second-order valence-electron chi connectivity index (χ2n) is 7.35. The SMILES string of the molecule is CC1CCN(CC(O)CN2CCCc3c(C(N)=O)cccc32)CC1. The summed E-state index contributed by atoms with van der Waals surface area (Å²) in [7, 11) is 0. The highest BCUT2D eigenvalue weighted by Gasteiger charge is 2.24. The summed E-state index contributed by atoms with van der Waals surface area (Å²) in [4.78, 5) is 16.2. The van der Waals surface area contributed by atoms with Crippen LogP contribution in [0.25, 0.3) is 0 Å². The molecule has 3 rings (SSSR count). The number of aliphatic hydroxyl groups is 1. The van der Waals surface area contributed by atoms with Gasteiger partial charge in [-0.1, -0.05) is 13.0 Å². The second kappa shape index (κ2) is 7.53. The zero-order chi connectivity index (χ0) is 17.1. The first-order chi connectivity index (χ1) is 11.5. The van der Waals surface area contributed by atoms with E-state index in [1.165, 1.54) is 12.8 Å². The van der Waals surface area contributed by atoms with Crippen LogP contribution in [-0.4, -0.2) is 54.7 Å². The molecular formula is C19H29N3O2. The number of carbonyl (C=O) groups is 1. The Kier molecular flexibility index (Phi) is 5.41. The molecule has 0 radical (unpaired) electrons. The number of aliphatic hydroxyl groups excluding tert-OH is 1. The van der Waals surface area contributed by atoms with E-state index < -0.39 is 0 Å². The van der Waals surface area contributed by atoms with Crippen molar-refractivity contribution in [3.8, 4) is 0 Å². The smallest absolute Gasteiger partial charge is 0.249 e. The number of benzene rings is 1. The van der Waals surface area contributed by atoms with E-state index in [-0.39, 0.29) is 12.0 Å². The number of nitrogens with zero attached hydrogens (tertiary/aromatic N) is 2. The molecule has 1 amide bonds. The summed E-state index contributed by atoms with van der Waals surface area (Å²) >= 11 is 0. The number of rotatable bonds is 5. The largest absolute Gasteiger partial charge is 0.390 e. The first-order valence-corrected chi connectivity index (χ1v) is 9.11. The highest BCUT2D eigenvalue weighted by Crippen LogP contribution is 2.30. The fourth-order valence-corrected chi connectivity index (χ4v) is 3.98. The van der Waals surface area contributed by atoms with Crippen molar-refractivity contribution < 1.29 is 9.90 Å². The van der Waals surface area contributed by atoms with Gasteiger partial charge in [-0.15, -0.1) is 0 Å². The molecule has 132 valence electrons. The van der Waals surface area contributed by atoms with Gasteiger partial charge >= 0.3 is 0 Å². The van der Waals surface area contributed by atoms with E-state index in [1.807, 2.05) is 12.1 Å². The fraction of sp³-hybridized carbons (Fsp3) is 0.632. The minimum absolute atomic E-state index is 0.364. The maximum atomic E-state index is 11.6. The lowest BCUT2D eigenvalue weighted by molar-refractivity contribution is 0.0949. The van der Waals surface area contributed by atoms with Gasteiger partial charge in [0.1, 0.15) is 0 Å². The number of piperidine rings is 1. The Morgan fingerprint density at radius 3 is 2.75 bits per heavy atom. The molecule has 24 heavy (non-hydrogen) atoms. The highest BCUT2D eigenvalue weighted by atomic mass is 16.3. The molecule has 3 N–H and O–H groups in total. The summed E-state index contributed by atoms with van der Waals surface area (Å²) in [5.74, 6) is 0.441. The minimum Gasteiger partial charge on any atom is -0.390 e. The monoisotopic (exact) mass is 331 g/mol. The quantitative estimate of drug-likeness (QED) is 0.860. The summed E-state index contributed by atoms with van der Waals surface area (Å²) in [6.07, 6.45) is 3.94. The number of hydrogen-bond acceptors (Lipinski definition) is 4. The molecule has 5 nitrogen and oxygen atoms in total. The van der Waals surface area contributed by atoms with Gasteiger partial charge in [-0.2, -0.15) is 0 Å². The van der Waals surface area contributed by atoms with Crippen molar-refractivity contribution in [2.75, 3.05) is 37.6 Å². The predicted molar refractivity (Wildman–Crippen MR) is 96.3 cm³/mol. The molecule has 1 fully saturated rings. The molecule has 2 heterocycles. The molecular weight excluding hydrogens is 302 g/mol. The number of nitrogens with two attached hydrogens (primary N) is 1. The van der Waals surface area contributed by atoms with Gasteiger partial charge in [0.15, 0.2) is 0 Å². The molecule has 1 aromatic rings. The molecule has 0 saturated carbocycles. The molecule has 0 bridgehead atoms. The van der Waals surface area contributed by atoms with Gasteiger partial charge in [0.25, 0.3) is 0 Å². The second-order valence-corrected chi connectivity index (χ2v) is 7.35. The number of likely N-dealkylation sites (tertiary alicyclic amines) is 1. The van der Waals surface area contributed by atoms with Gasteiger partial charge in [0, 0.05) is 30.9 Å². The van der Waals surface area contributed by atoms with Crippen LogP contribution in [0, 0.1) is 5.92 Å². The van der Waals surface area contributed by atoms with Gasteiger partial charge in [0.05, 0.1) is 6.10 Å². The first kappa shape index (κ1) is 17.2. The van der Waals surface area contributed by atoms with Crippen LogP contribution in [0.2, 0.25) is 0 Å². The van der Waals surface area contributed by atoms with Crippen LogP contribution in [0.3, 0.4) is 0 Å². The van der Waals surface area contributed by atoms with Gasteiger partial charge < -0.3 is 20.6 Å². The van der Waals surface area contributed by atoms with Crippen molar-refractivity contribution in [3.63, 3.8) is 0 Å². The van der Waals surface area contributed by atoms with Crippen molar-refractivity contribution in [1.82, 2.24) is 4.90 Å². The molecule has 0 aliphatic carbocycles. The molecule has 1 saturated heterocycles. The van der Waals surface area contributed by atoms with Crippen LogP contribution in [0.15, 0.2) is 18.2 Å². The lowest BCUT2D eigenvalue weighted by atomic mass is 9.95. The van der Waals surface area contributed by atoms with Crippen LogP contribution >= 0.6 is 0 Å². The van der Waals surface area contributed by atoms with Crippen molar-refractivity contribution >= 4 is 11.6 Å². The zero-order valence-electron chi connectivity index (χ0n) is 14.6. The topological polar surface area (TPSA) is 69.8 Å². The lowest BCUT2D eigenvalue weighted by Gasteiger charge is -2.36. The van der Waals surface area contributed by atoms with Crippen LogP contribution < -0.4 is 10.6 Å². The van der Waals surface area contributed by atoms with E-state index in [0.29, 0.717) is 12.1 Å². The lowest BCUT2D eigenvalue weighted by Crippen LogP contribution is -2.44. The van der Waals surface area contributed by atoms with E-state index in [1.54, 1.807) is 6.07 Å². The third-order valence-corrected chi connectivity index (χ3v) is 5.39. The summed E-state index contributed by atoms with van der Waals surface area (Å²) in [5.41, 5.74) is 8.22. The third kappa shape index (κ3) is 3.90. The van der Waals surface area contributed by atoms with E-state index in [9.17, 15) is 9.90 Å². The Labute approximate surface area is 144 Å². The van der Waals surface area contributed by atoms with E-state index >= 15 is 0 Å². The Balaban J connectivity index is 1.64. The third-order valence-electron chi connectivity index (χ3n) is 5.39. The van der Waals surface area contributed by atoms with Crippen LogP contribution in [-0.2, 0) is 6.42 Å². The number of carbonyl (C=O) groups excluding carboxylic acids is 1. The molecule has 2 aliphatic rings. The van der Waals surface area contributed by atoms with E-state index in [4.69, 9.17) is 5.73 Å². The maximum Gasteiger partial charge on any atom is 0.249 e. The highest BCUT2D eigenvalue weighted by molar-refractivity contribution is 5.96. The Bertz CT molecular complexity index is 582. The summed E-state index contributed by atoms with van der Waals surface area (Å²) in [5, 5.41) is 10.5. The summed E-state index contributed by atoms with van der Waals surface area (Å²) in [6, 6.07) is 5.72. The average Bonchev–Trinajstić information content (AvgIpc) is 2.56. The van der Waals surface area contributed by atoms with Gasteiger partial charge in [-0.25, -0.2) is 0 Å². The van der Waals surface area contributed by atoms with Gasteiger partial charge in [-0.05, 0) is 62.4 Å². The number of hydrogen-bond donors (Lipinski definition) is 2. The number of fused-ring (bicyclic) bond motifs is 1. The van der Waals surface area contributed by atoms with Gasteiger partial charge in [0.2, 0.25) is 5.91 Å². The number of primary amides is 1. The van der Waals surface area contributed by atoms with Gasteiger partial charge in [-0.3, -0.25) is 4.79 Å². The Morgan fingerprint density at radius 2 is 2.04 bits per heavy atom. The maximum absolute atomic E-state index is 11.6. The zero-order valence-corrected chi connectivity index (χ0v) is 14.6. The molecule has 2 aliphatic heterocycles. The standard InChI is InChI=1S/C19H29N3O2/c1-14-7-10-21(11-8-14)12-15(23)13-22-9-3-5-16-17(19(20)24)4-2-6-18(16)22/h2,4,6,14-15,23H,3,5,7-13H2,1H3,(H2,20,24). The Hall–Kier alpha value is -1.59. The average molecular weight is 331 g/mol. The molecule has 1 atom stereocenters. The van der Waals surface area contributed by atoms with Crippen LogP contribution in [0.5, 0.6) is 0 Å². The number of β-amino-alcohol motifs (C(OH)–C–C–N with tert-alkyl or cyclic N) is 1. The van der Waals surface area contributed by atoms with Crippen molar-refractivity contribution in [2.24, 2.45) is 11.7 Å². The summed E-state index contributed by atoms with van der Waals surface area (Å²) in [6.45, 7) is 6.73. The van der Waals surface area contributed by atoms with Crippen LogP contribution in [0.1, 0.15) is 42.1 Å². The molecule has 1 unspecified atom stereocenters. The van der Waals surface area contributed by atoms with Crippen molar-refractivity contribution in [1.29, 1.82) is 0 Å². The normalized spacial score (nSPS) is 20.7. The molecule has 0 spiro atoms. The minimum atomic E-state index is -0.374. The predicted octanol–water partition coefficient (Wildman–Crippen LogP) is 1.63. The van der Waals surface area contributed by atoms with Crippen molar-refractivity contribution in [3.05, 3.63) is 29.3 Å². The van der Waals surface area contributed by atoms with E-state index in [0.717, 1.165) is 56.2 Å². The summed E-state index contributed by atoms with van der Waals surface area (Å²) < 4.78 is 0. The Morgan fingerprint density at radius 1 is 1.29 bits per heavy atom. The number of anilines is 1. The number of amides is 1. The fourth-order valence-electron chi connectivity index (χ4n) is 3.98. The van der Waals surface area contributed by atoms with Crippen molar-refractivity contribution in [2.45, 2.75) is 38.7 Å². The molecule has 1 aromatic carbocycles.